The van der Waals surface area contributed by atoms with Gasteiger partial charge in [-0.25, -0.2) is 4.98 Å². The Hall–Kier alpha value is -1.79. The Kier molecular flexibility index (Phi) is 5.49. The third-order valence-corrected chi connectivity index (χ3v) is 4.57. The van der Waals surface area contributed by atoms with Crippen LogP contribution in [0.4, 0.5) is 0 Å². The van der Waals surface area contributed by atoms with Gasteiger partial charge in [0.25, 0.3) is 0 Å². The number of phenolic OH excluding ortho intramolecular Hbond substituents is 1. The molecule has 3 aromatic rings. The highest BCUT2D eigenvalue weighted by Crippen LogP contribution is 2.35. The highest BCUT2D eigenvalue weighted by Gasteiger charge is 2.11. The van der Waals surface area contributed by atoms with Crippen molar-refractivity contribution in [2.24, 2.45) is 0 Å². The van der Waals surface area contributed by atoms with E-state index in [2.05, 4.69) is 15.2 Å². The van der Waals surface area contributed by atoms with E-state index in [0.29, 0.717) is 32.9 Å². The number of hydrogen-bond donors (Lipinski definition) is 1. The summed E-state index contributed by atoms with van der Waals surface area (Å²) in [6, 6.07) is 8.13. The van der Waals surface area contributed by atoms with Crippen LogP contribution in [-0.4, -0.2) is 20.3 Å². The van der Waals surface area contributed by atoms with Crippen molar-refractivity contribution in [3.05, 3.63) is 62.4 Å². The molecule has 9 heteroatoms. The van der Waals surface area contributed by atoms with Gasteiger partial charge < -0.3 is 9.84 Å². The van der Waals surface area contributed by atoms with Gasteiger partial charge in [0.1, 0.15) is 23.1 Å². The van der Waals surface area contributed by atoms with Crippen LogP contribution in [0.1, 0.15) is 5.82 Å². The summed E-state index contributed by atoms with van der Waals surface area (Å²) >= 11 is 23.8. The molecule has 0 aliphatic heterocycles. The lowest BCUT2D eigenvalue weighted by Crippen LogP contribution is -2.04. The van der Waals surface area contributed by atoms with Crippen LogP contribution in [0, 0.1) is 0 Å². The predicted molar refractivity (Wildman–Crippen MR) is 97.7 cm³/mol. The van der Waals surface area contributed by atoms with Crippen molar-refractivity contribution in [3.63, 3.8) is 0 Å². The van der Waals surface area contributed by atoms with Gasteiger partial charge in [0.2, 0.25) is 0 Å². The molecule has 0 aliphatic rings. The van der Waals surface area contributed by atoms with Gasteiger partial charge >= 0.3 is 0 Å². The molecule has 2 aromatic carbocycles. The van der Waals surface area contributed by atoms with Crippen LogP contribution in [0.25, 0.3) is 11.3 Å². The van der Waals surface area contributed by atoms with E-state index in [0.717, 1.165) is 0 Å². The molecular formula is C16H9Cl4N3O2. The number of rotatable bonds is 4. The Morgan fingerprint density at radius 1 is 0.960 bits per heavy atom. The molecular weight excluding hydrogens is 408 g/mol. The number of nitrogens with zero attached hydrogens (tertiary/aromatic N) is 3. The van der Waals surface area contributed by atoms with Gasteiger partial charge in [-0.15, -0.1) is 10.2 Å². The molecule has 3 rings (SSSR count). The first kappa shape index (κ1) is 18.0. The maximum atomic E-state index is 9.59. The van der Waals surface area contributed by atoms with Gasteiger partial charge in [0, 0.05) is 5.56 Å². The molecule has 1 aromatic heterocycles. The SMILES string of the molecule is Oc1c(Cl)cc(-c2cnc(COc3cccc(Cl)c3Cl)nn2)cc1Cl. The van der Waals surface area contributed by atoms with Crippen LogP contribution in [-0.2, 0) is 6.61 Å². The Balaban J connectivity index is 1.75. The maximum absolute atomic E-state index is 9.59. The van der Waals surface area contributed by atoms with Crippen LogP contribution in [0.15, 0.2) is 36.5 Å². The van der Waals surface area contributed by atoms with Crippen molar-refractivity contribution >= 4 is 46.4 Å². The number of benzene rings is 2. The number of hydrogen-bond acceptors (Lipinski definition) is 5. The summed E-state index contributed by atoms with van der Waals surface area (Å²) in [5.41, 5.74) is 1.03. The number of ether oxygens (including phenoxy) is 1. The fourth-order valence-corrected chi connectivity index (χ4v) is 2.78. The zero-order valence-corrected chi connectivity index (χ0v) is 15.4. The molecule has 0 unspecified atom stereocenters. The molecule has 0 bridgehead atoms. The lowest BCUT2D eigenvalue weighted by molar-refractivity contribution is 0.294. The summed E-state index contributed by atoms with van der Waals surface area (Å²) in [6.45, 7) is 0.0738. The highest BCUT2D eigenvalue weighted by atomic mass is 35.5. The average molecular weight is 417 g/mol. The van der Waals surface area contributed by atoms with E-state index >= 15 is 0 Å². The van der Waals surface area contributed by atoms with Crippen molar-refractivity contribution < 1.29 is 9.84 Å². The Labute approximate surface area is 163 Å². The molecule has 0 saturated heterocycles. The average Bonchev–Trinajstić information content (AvgIpc) is 2.61. The molecule has 0 spiro atoms. The molecule has 1 N–H and O–H groups in total. The molecule has 0 saturated carbocycles. The first-order valence-corrected chi connectivity index (χ1v) is 8.40. The summed E-state index contributed by atoms with van der Waals surface area (Å²) in [4.78, 5) is 4.18. The van der Waals surface area contributed by atoms with E-state index in [1.54, 1.807) is 18.2 Å². The van der Waals surface area contributed by atoms with Crippen molar-refractivity contribution in [1.29, 1.82) is 0 Å². The molecule has 0 radical (unpaired) electrons. The zero-order valence-electron chi connectivity index (χ0n) is 12.4. The standard InChI is InChI=1S/C16H9Cl4N3O2/c17-9-2-1-3-13(15(9)20)25-7-14-21-6-12(22-23-14)8-4-10(18)16(24)11(19)5-8/h1-6,24H,7H2. The Bertz CT molecular complexity index is 897. The Morgan fingerprint density at radius 3 is 2.32 bits per heavy atom. The quantitative estimate of drug-likeness (QED) is 0.613. The van der Waals surface area contributed by atoms with Gasteiger partial charge in [0.15, 0.2) is 11.6 Å². The van der Waals surface area contributed by atoms with Crippen molar-refractivity contribution in [1.82, 2.24) is 15.2 Å². The zero-order chi connectivity index (χ0) is 18.0. The predicted octanol–water partition coefficient (Wildman–Crippen LogP) is 5.44. The van der Waals surface area contributed by atoms with E-state index in [4.69, 9.17) is 51.1 Å². The summed E-state index contributed by atoms with van der Waals surface area (Å²) in [7, 11) is 0. The minimum Gasteiger partial charge on any atom is -0.505 e. The van der Waals surface area contributed by atoms with Gasteiger partial charge in [0.05, 0.1) is 21.3 Å². The number of aromatic hydroxyl groups is 1. The van der Waals surface area contributed by atoms with E-state index in [9.17, 15) is 5.11 Å². The van der Waals surface area contributed by atoms with Crippen LogP contribution in [0.3, 0.4) is 0 Å². The number of aromatic nitrogens is 3. The fraction of sp³-hybridized carbons (Fsp3) is 0.0625. The smallest absolute Gasteiger partial charge is 0.188 e. The Morgan fingerprint density at radius 2 is 1.68 bits per heavy atom. The molecule has 25 heavy (non-hydrogen) atoms. The second-order valence-corrected chi connectivity index (χ2v) is 6.49. The lowest BCUT2D eigenvalue weighted by Gasteiger charge is -2.08. The van der Waals surface area contributed by atoms with Crippen molar-refractivity contribution in [2.45, 2.75) is 6.61 Å². The molecule has 0 amide bonds. The van der Waals surface area contributed by atoms with E-state index in [-0.39, 0.29) is 22.4 Å². The summed E-state index contributed by atoms with van der Waals surface area (Å²) in [5, 5.41) is 18.6. The normalized spacial score (nSPS) is 10.7. The van der Waals surface area contributed by atoms with Crippen LogP contribution < -0.4 is 4.74 Å². The van der Waals surface area contributed by atoms with E-state index in [1.807, 2.05) is 0 Å². The molecule has 128 valence electrons. The third-order valence-electron chi connectivity index (χ3n) is 3.19. The minimum atomic E-state index is -0.184. The van der Waals surface area contributed by atoms with Gasteiger partial charge in [-0.2, -0.15) is 0 Å². The molecule has 5 nitrogen and oxygen atoms in total. The molecule has 0 fully saturated rings. The largest absolute Gasteiger partial charge is 0.505 e. The van der Waals surface area contributed by atoms with E-state index < -0.39 is 0 Å². The second kappa shape index (κ2) is 7.62. The van der Waals surface area contributed by atoms with Crippen molar-refractivity contribution in [2.75, 3.05) is 0 Å². The van der Waals surface area contributed by atoms with Crippen LogP contribution in [0.5, 0.6) is 11.5 Å². The second-order valence-electron chi connectivity index (χ2n) is 4.89. The first-order valence-electron chi connectivity index (χ1n) is 6.89. The van der Waals surface area contributed by atoms with Crippen molar-refractivity contribution in [3.8, 4) is 22.8 Å². The van der Waals surface area contributed by atoms with Gasteiger partial charge in [-0.3, -0.25) is 0 Å². The highest BCUT2D eigenvalue weighted by molar-refractivity contribution is 6.42. The van der Waals surface area contributed by atoms with E-state index in [1.165, 1.54) is 18.3 Å². The van der Waals surface area contributed by atoms with Crippen LogP contribution in [0.2, 0.25) is 20.1 Å². The fourth-order valence-electron chi connectivity index (χ4n) is 1.95. The minimum absolute atomic E-state index is 0.0738. The molecule has 1 heterocycles. The number of phenols is 1. The monoisotopic (exact) mass is 415 g/mol. The van der Waals surface area contributed by atoms with Crippen LogP contribution >= 0.6 is 46.4 Å². The van der Waals surface area contributed by atoms with Gasteiger partial charge in [-0.1, -0.05) is 52.5 Å². The molecule has 0 aliphatic carbocycles. The first-order chi connectivity index (χ1) is 12.0. The summed E-state index contributed by atoms with van der Waals surface area (Å²) < 4.78 is 5.55. The summed E-state index contributed by atoms with van der Waals surface area (Å²) in [5.74, 6) is 0.603. The number of halogens is 4. The summed E-state index contributed by atoms with van der Waals surface area (Å²) in [6.07, 6.45) is 1.50. The molecule has 0 atom stereocenters. The lowest BCUT2D eigenvalue weighted by atomic mass is 10.1. The topological polar surface area (TPSA) is 68.1 Å². The van der Waals surface area contributed by atoms with Gasteiger partial charge in [-0.05, 0) is 24.3 Å². The third kappa shape index (κ3) is 4.07. The maximum Gasteiger partial charge on any atom is 0.188 e.